The fourth-order valence-corrected chi connectivity index (χ4v) is 4.48. The predicted octanol–water partition coefficient (Wildman–Crippen LogP) is 4.27. The van der Waals surface area contributed by atoms with Crippen molar-refractivity contribution in [1.29, 1.82) is 0 Å². The van der Waals surface area contributed by atoms with Crippen LogP contribution in [0.15, 0.2) is 60.7 Å². The van der Waals surface area contributed by atoms with E-state index in [0.29, 0.717) is 13.0 Å². The van der Waals surface area contributed by atoms with E-state index >= 15 is 0 Å². The van der Waals surface area contributed by atoms with E-state index in [4.69, 9.17) is 9.47 Å². The van der Waals surface area contributed by atoms with Gasteiger partial charge in [-0.15, -0.1) is 0 Å². The zero-order chi connectivity index (χ0) is 29.4. The Balaban J connectivity index is 1.29. The number of nitro groups is 1. The molecule has 2 N–H and O–H groups in total. The largest absolute Gasteiger partial charge is 0.493 e. The van der Waals surface area contributed by atoms with Gasteiger partial charge in [-0.2, -0.15) is 0 Å². The molecule has 2 amide bonds. The Morgan fingerprint density at radius 1 is 1.07 bits per heavy atom. The van der Waals surface area contributed by atoms with Gasteiger partial charge in [0.25, 0.3) is 5.69 Å². The number of rotatable bonds is 11. The zero-order valence-corrected chi connectivity index (χ0v) is 22.9. The number of hydrogen-bond donors (Lipinski definition) is 2. The lowest BCUT2D eigenvalue weighted by atomic mass is 10.0. The van der Waals surface area contributed by atoms with Crippen LogP contribution in [0.2, 0.25) is 0 Å². The number of carbonyl (C=O) groups is 2. The molecule has 3 aromatic carbocycles. The zero-order valence-electron chi connectivity index (χ0n) is 22.9. The Bertz CT molecular complexity index is 1510. The number of aliphatic hydroxyl groups excluding tert-OH is 1. The molecule has 0 aliphatic carbocycles. The first kappa shape index (κ1) is 29.1. The van der Waals surface area contributed by atoms with Crippen LogP contribution in [-0.2, 0) is 16.1 Å². The maximum atomic E-state index is 13.3. The van der Waals surface area contributed by atoms with Crippen molar-refractivity contribution < 1.29 is 29.1 Å². The van der Waals surface area contributed by atoms with Crippen LogP contribution in [0, 0.1) is 22.0 Å². The highest BCUT2D eigenvalue weighted by atomic mass is 16.6. The number of fused-ring (bicyclic) bond motifs is 2. The molecule has 3 aromatic rings. The highest BCUT2D eigenvalue weighted by molar-refractivity contribution is 5.95. The molecule has 0 aromatic heterocycles. The number of nitro benzene ring substituents is 1. The number of nitrogens with one attached hydrogen (secondary N) is 1. The summed E-state index contributed by atoms with van der Waals surface area (Å²) in [5, 5.41) is 24.0. The molecule has 0 spiro atoms. The van der Waals surface area contributed by atoms with Gasteiger partial charge in [0.2, 0.25) is 11.8 Å². The van der Waals surface area contributed by atoms with Crippen molar-refractivity contribution in [3.63, 3.8) is 0 Å². The van der Waals surface area contributed by atoms with Crippen molar-refractivity contribution in [2.24, 2.45) is 0 Å². The lowest BCUT2D eigenvalue weighted by Gasteiger charge is -2.26. The lowest BCUT2D eigenvalue weighted by Crippen LogP contribution is -2.35. The predicted molar refractivity (Wildman–Crippen MR) is 153 cm³/mol. The van der Waals surface area contributed by atoms with Gasteiger partial charge in [0.15, 0.2) is 11.5 Å². The molecule has 212 valence electrons. The number of amides is 2. The molecule has 0 bridgehead atoms. The maximum Gasteiger partial charge on any atom is 0.279 e. The first-order valence-corrected chi connectivity index (χ1v) is 13.2. The topological polar surface area (TPSA) is 131 Å². The number of carbonyl (C=O) groups excluding carboxylic acids is 2. The average Bonchev–Trinajstić information content (AvgIpc) is 2.95. The second kappa shape index (κ2) is 13.5. The Morgan fingerprint density at radius 2 is 1.78 bits per heavy atom. The SMILES string of the molecule is COc1cc(C(C)O)c([N+](=O)[O-])cc1OCCCC(=O)NCCC(=O)N1Cc2ccccc2C#Cc2ccccc21. The Kier molecular flexibility index (Phi) is 9.55. The first-order valence-electron chi connectivity index (χ1n) is 13.2. The minimum Gasteiger partial charge on any atom is -0.493 e. The molecule has 1 unspecified atom stereocenters. The summed E-state index contributed by atoms with van der Waals surface area (Å²) in [7, 11) is 1.40. The lowest BCUT2D eigenvalue weighted by molar-refractivity contribution is -0.386. The van der Waals surface area contributed by atoms with Gasteiger partial charge < -0.3 is 24.8 Å². The third-order valence-electron chi connectivity index (χ3n) is 6.60. The van der Waals surface area contributed by atoms with Crippen molar-refractivity contribution in [2.45, 2.75) is 38.8 Å². The average molecular weight is 558 g/mol. The summed E-state index contributed by atoms with van der Waals surface area (Å²) in [6, 6.07) is 17.8. The van der Waals surface area contributed by atoms with Crippen LogP contribution in [0.3, 0.4) is 0 Å². The summed E-state index contributed by atoms with van der Waals surface area (Å²) >= 11 is 0. The quantitative estimate of drug-likeness (QED) is 0.156. The van der Waals surface area contributed by atoms with E-state index in [-0.39, 0.29) is 60.6 Å². The molecular weight excluding hydrogens is 526 g/mol. The molecule has 1 atom stereocenters. The highest BCUT2D eigenvalue weighted by Gasteiger charge is 2.23. The molecule has 10 nitrogen and oxygen atoms in total. The second-order valence-corrected chi connectivity index (χ2v) is 9.45. The van der Waals surface area contributed by atoms with Crippen molar-refractivity contribution in [2.75, 3.05) is 25.2 Å². The van der Waals surface area contributed by atoms with Crippen molar-refractivity contribution >= 4 is 23.2 Å². The third kappa shape index (κ3) is 7.21. The first-order chi connectivity index (χ1) is 19.8. The fourth-order valence-electron chi connectivity index (χ4n) is 4.48. The minimum absolute atomic E-state index is 0.110. The molecule has 1 aliphatic heterocycles. The molecule has 0 fully saturated rings. The highest BCUT2D eigenvalue weighted by Crippen LogP contribution is 2.37. The van der Waals surface area contributed by atoms with Crippen molar-refractivity contribution in [1.82, 2.24) is 5.32 Å². The number of benzene rings is 3. The van der Waals surface area contributed by atoms with Crippen molar-refractivity contribution in [3.8, 4) is 23.3 Å². The van der Waals surface area contributed by atoms with Gasteiger partial charge in [0, 0.05) is 30.5 Å². The third-order valence-corrected chi connectivity index (χ3v) is 6.60. The van der Waals surface area contributed by atoms with Crippen molar-refractivity contribution in [3.05, 3.63) is 93.0 Å². The molecule has 1 heterocycles. The van der Waals surface area contributed by atoms with Crippen LogP contribution in [0.1, 0.15) is 54.5 Å². The van der Waals surface area contributed by atoms with E-state index < -0.39 is 11.0 Å². The monoisotopic (exact) mass is 557 g/mol. The van der Waals surface area contributed by atoms with Gasteiger partial charge in [-0.05, 0) is 43.2 Å². The fraction of sp³-hybridized carbons (Fsp3) is 0.290. The van der Waals surface area contributed by atoms with Crippen LogP contribution in [0.25, 0.3) is 0 Å². The van der Waals surface area contributed by atoms with E-state index in [1.165, 1.54) is 26.2 Å². The van der Waals surface area contributed by atoms with E-state index in [1.54, 1.807) is 4.90 Å². The molecule has 4 rings (SSSR count). The molecule has 41 heavy (non-hydrogen) atoms. The molecule has 10 heteroatoms. The van der Waals surface area contributed by atoms with Gasteiger partial charge in [0.05, 0.1) is 48.6 Å². The Labute approximate surface area is 238 Å². The van der Waals surface area contributed by atoms with E-state index in [9.17, 15) is 24.8 Å². The van der Waals surface area contributed by atoms with Gasteiger partial charge in [0.1, 0.15) is 0 Å². The van der Waals surface area contributed by atoms with Crippen LogP contribution in [0.5, 0.6) is 11.5 Å². The van der Waals surface area contributed by atoms with Crippen LogP contribution in [-0.4, -0.2) is 42.1 Å². The maximum absolute atomic E-state index is 13.3. The summed E-state index contributed by atoms with van der Waals surface area (Å²) in [4.78, 5) is 38.2. The summed E-state index contributed by atoms with van der Waals surface area (Å²) in [5.74, 6) is 6.38. The van der Waals surface area contributed by atoms with E-state index in [1.807, 2.05) is 48.5 Å². The number of para-hydroxylation sites is 1. The van der Waals surface area contributed by atoms with Crippen LogP contribution >= 0.6 is 0 Å². The molecule has 0 saturated carbocycles. The van der Waals surface area contributed by atoms with Crippen LogP contribution in [0.4, 0.5) is 11.4 Å². The number of hydrogen-bond acceptors (Lipinski definition) is 7. The second-order valence-electron chi connectivity index (χ2n) is 9.45. The summed E-state index contributed by atoms with van der Waals surface area (Å²) in [6.07, 6.45) is -0.469. The summed E-state index contributed by atoms with van der Waals surface area (Å²) in [6.45, 7) is 2.09. The van der Waals surface area contributed by atoms with Gasteiger partial charge in [-0.25, -0.2) is 0 Å². The summed E-state index contributed by atoms with van der Waals surface area (Å²) < 4.78 is 10.9. The minimum atomic E-state index is -1.06. The Hall–Kier alpha value is -4.88. The molecule has 0 saturated heterocycles. The molecule has 1 aliphatic rings. The van der Waals surface area contributed by atoms with Gasteiger partial charge in [-0.1, -0.05) is 42.2 Å². The smallest absolute Gasteiger partial charge is 0.279 e. The van der Waals surface area contributed by atoms with Crippen LogP contribution < -0.4 is 19.7 Å². The molecular formula is C31H31N3O7. The Morgan fingerprint density at radius 3 is 2.51 bits per heavy atom. The van der Waals surface area contributed by atoms with E-state index in [2.05, 4.69) is 17.2 Å². The normalized spacial score (nSPS) is 12.4. The number of anilines is 1. The number of nitrogens with zero attached hydrogens (tertiary/aromatic N) is 2. The number of aliphatic hydroxyl groups is 1. The van der Waals surface area contributed by atoms with Gasteiger partial charge >= 0.3 is 0 Å². The number of methoxy groups -OCH3 is 1. The van der Waals surface area contributed by atoms with E-state index in [0.717, 1.165) is 22.4 Å². The number of ether oxygens (including phenoxy) is 2. The molecule has 0 radical (unpaired) electrons. The van der Waals surface area contributed by atoms with Gasteiger partial charge in [-0.3, -0.25) is 19.7 Å². The standard InChI is InChI=1S/C31H31N3O7/c1-21(35)25-18-28(40-2)29(19-27(25)34(38)39)41-17-7-12-30(36)32-16-15-31(37)33-20-24-10-4-3-8-22(24)13-14-23-9-5-6-11-26(23)33/h3-6,8-11,18-19,21,35H,7,12,15-17,20H2,1-2H3,(H,32,36). The summed E-state index contributed by atoms with van der Waals surface area (Å²) in [5.41, 5.74) is 3.17.